The largest absolute Gasteiger partial charge is 0.348 e. The number of benzene rings is 1. The first-order valence-electron chi connectivity index (χ1n) is 6.41. The molecule has 0 spiro atoms. The minimum atomic E-state index is -0.393. The molecule has 1 aromatic carbocycles. The average Bonchev–Trinajstić information content (AvgIpc) is 2.69. The molecule has 4 nitrogen and oxygen atoms in total. The van der Waals surface area contributed by atoms with Crippen molar-refractivity contribution in [3.8, 4) is 0 Å². The topological polar surface area (TPSA) is 49.4 Å². The van der Waals surface area contributed by atoms with E-state index in [4.69, 9.17) is 23.2 Å². The summed E-state index contributed by atoms with van der Waals surface area (Å²) in [5.74, 6) is -0.154. The van der Waals surface area contributed by atoms with Gasteiger partial charge in [0.25, 0.3) is 0 Å². The highest BCUT2D eigenvalue weighted by Gasteiger charge is 2.33. The molecule has 2 rings (SSSR count). The van der Waals surface area contributed by atoms with Crippen LogP contribution in [0.3, 0.4) is 0 Å². The molecule has 1 fully saturated rings. The Hall–Kier alpha value is -1.26. The number of hydrogen-bond donors (Lipinski definition) is 1. The van der Waals surface area contributed by atoms with Gasteiger partial charge in [0.1, 0.15) is 6.04 Å². The van der Waals surface area contributed by atoms with Gasteiger partial charge in [-0.15, -0.1) is 0 Å². The van der Waals surface area contributed by atoms with Crippen LogP contribution in [0.15, 0.2) is 18.2 Å². The van der Waals surface area contributed by atoms with E-state index >= 15 is 0 Å². The molecular formula is C14H16Cl2N2O2. The summed E-state index contributed by atoms with van der Waals surface area (Å²) in [6.45, 7) is 1.85. The molecule has 1 N–H and O–H groups in total. The van der Waals surface area contributed by atoms with E-state index in [9.17, 15) is 9.59 Å². The molecule has 0 radical (unpaired) electrons. The minimum absolute atomic E-state index is 0.00216. The van der Waals surface area contributed by atoms with Gasteiger partial charge in [-0.05, 0) is 31.0 Å². The molecule has 1 aliphatic rings. The molecule has 6 heteroatoms. The van der Waals surface area contributed by atoms with Gasteiger partial charge in [-0.2, -0.15) is 0 Å². The zero-order valence-corrected chi connectivity index (χ0v) is 12.8. The molecule has 0 bridgehead atoms. The van der Waals surface area contributed by atoms with Crippen molar-refractivity contribution in [2.75, 3.05) is 7.05 Å². The number of nitrogens with one attached hydrogen (secondary N) is 1. The predicted octanol–water partition coefficient (Wildman–Crippen LogP) is 2.79. The maximum Gasteiger partial charge on any atom is 0.243 e. The summed E-state index contributed by atoms with van der Waals surface area (Å²) in [7, 11) is 1.65. The highest BCUT2D eigenvalue weighted by atomic mass is 35.5. The Bertz CT molecular complexity index is 548. The monoisotopic (exact) mass is 314 g/mol. The molecule has 1 aromatic rings. The van der Waals surface area contributed by atoms with E-state index in [1.165, 1.54) is 4.90 Å². The predicted molar refractivity (Wildman–Crippen MR) is 78.8 cm³/mol. The van der Waals surface area contributed by atoms with Gasteiger partial charge in [0.2, 0.25) is 11.8 Å². The maximum absolute atomic E-state index is 12.2. The lowest BCUT2D eigenvalue weighted by atomic mass is 10.1. The van der Waals surface area contributed by atoms with Gasteiger partial charge >= 0.3 is 0 Å². The van der Waals surface area contributed by atoms with E-state index in [1.807, 2.05) is 6.92 Å². The number of hydrogen-bond acceptors (Lipinski definition) is 2. The summed E-state index contributed by atoms with van der Waals surface area (Å²) in [5, 5.41) is 3.96. The van der Waals surface area contributed by atoms with E-state index in [2.05, 4.69) is 5.32 Å². The molecule has 0 aliphatic carbocycles. The van der Waals surface area contributed by atoms with Gasteiger partial charge in [-0.25, -0.2) is 0 Å². The van der Waals surface area contributed by atoms with Gasteiger partial charge in [0.05, 0.1) is 6.04 Å². The lowest BCUT2D eigenvalue weighted by Crippen LogP contribution is -2.43. The van der Waals surface area contributed by atoms with Crippen LogP contribution in [0.4, 0.5) is 0 Å². The molecule has 2 atom stereocenters. The number of likely N-dealkylation sites (tertiary alicyclic amines) is 1. The number of halogens is 2. The summed E-state index contributed by atoms with van der Waals surface area (Å²) < 4.78 is 0. The minimum Gasteiger partial charge on any atom is -0.348 e. The lowest BCUT2D eigenvalue weighted by Gasteiger charge is -2.22. The molecule has 1 saturated heterocycles. The molecular weight excluding hydrogens is 299 g/mol. The zero-order valence-electron chi connectivity index (χ0n) is 11.3. The van der Waals surface area contributed by atoms with Crippen LogP contribution in [-0.2, 0) is 9.59 Å². The second-order valence-electron chi connectivity index (χ2n) is 4.96. The number of carbonyl (C=O) groups is 2. The first-order valence-corrected chi connectivity index (χ1v) is 7.16. The lowest BCUT2D eigenvalue weighted by molar-refractivity contribution is -0.134. The Balaban J connectivity index is 2.06. The van der Waals surface area contributed by atoms with Crippen LogP contribution in [-0.4, -0.2) is 29.8 Å². The van der Waals surface area contributed by atoms with Crippen LogP contribution in [0.25, 0.3) is 0 Å². The van der Waals surface area contributed by atoms with Crippen LogP contribution in [0.1, 0.15) is 31.4 Å². The van der Waals surface area contributed by atoms with Crippen LogP contribution in [0, 0.1) is 0 Å². The summed E-state index contributed by atoms with van der Waals surface area (Å²) in [6, 6.07) is 4.54. The molecule has 2 unspecified atom stereocenters. The molecule has 0 saturated carbocycles. The maximum atomic E-state index is 12.2. The molecule has 108 valence electrons. The van der Waals surface area contributed by atoms with Crippen LogP contribution in [0.5, 0.6) is 0 Å². The number of amides is 2. The van der Waals surface area contributed by atoms with Gasteiger partial charge in [-0.1, -0.05) is 29.3 Å². The third-order valence-corrected chi connectivity index (χ3v) is 4.15. The smallest absolute Gasteiger partial charge is 0.243 e. The highest BCUT2D eigenvalue weighted by Crippen LogP contribution is 2.26. The van der Waals surface area contributed by atoms with E-state index in [0.29, 0.717) is 22.9 Å². The van der Waals surface area contributed by atoms with Crippen molar-refractivity contribution in [1.82, 2.24) is 10.2 Å². The summed E-state index contributed by atoms with van der Waals surface area (Å²) in [4.78, 5) is 25.1. The average molecular weight is 315 g/mol. The van der Waals surface area contributed by atoms with Crippen molar-refractivity contribution < 1.29 is 9.59 Å². The fourth-order valence-corrected chi connectivity index (χ4v) is 2.92. The standard InChI is InChI=1S/C14H16Cl2N2O2/c1-8(10-4-3-9(15)7-11(10)16)17-14(20)12-5-6-13(19)18(12)2/h3-4,7-8,12H,5-6H2,1-2H3,(H,17,20). The number of rotatable bonds is 3. The summed E-state index contributed by atoms with van der Waals surface area (Å²) >= 11 is 12.0. The second kappa shape index (κ2) is 6.02. The highest BCUT2D eigenvalue weighted by molar-refractivity contribution is 6.35. The molecule has 1 heterocycles. The number of carbonyl (C=O) groups excluding carboxylic acids is 2. The molecule has 20 heavy (non-hydrogen) atoms. The van der Waals surface area contributed by atoms with Crippen molar-refractivity contribution in [3.63, 3.8) is 0 Å². The first-order chi connectivity index (χ1) is 9.40. The van der Waals surface area contributed by atoms with Gasteiger partial charge in [0.15, 0.2) is 0 Å². The van der Waals surface area contributed by atoms with Crippen molar-refractivity contribution in [2.45, 2.75) is 31.8 Å². The zero-order chi connectivity index (χ0) is 14.9. The fourth-order valence-electron chi connectivity index (χ4n) is 2.35. The molecule has 1 aliphatic heterocycles. The van der Waals surface area contributed by atoms with E-state index < -0.39 is 6.04 Å². The Morgan fingerprint density at radius 2 is 2.15 bits per heavy atom. The van der Waals surface area contributed by atoms with Gasteiger partial charge in [-0.3, -0.25) is 9.59 Å². The normalized spacial score (nSPS) is 20.1. The van der Waals surface area contributed by atoms with Crippen LogP contribution >= 0.6 is 23.2 Å². The summed E-state index contributed by atoms with van der Waals surface area (Å²) in [6.07, 6.45) is 0.979. The van der Waals surface area contributed by atoms with Crippen molar-refractivity contribution in [1.29, 1.82) is 0 Å². The Morgan fingerprint density at radius 3 is 2.70 bits per heavy atom. The second-order valence-corrected chi connectivity index (χ2v) is 5.80. The van der Waals surface area contributed by atoms with Gasteiger partial charge < -0.3 is 10.2 Å². The van der Waals surface area contributed by atoms with Crippen LogP contribution in [0.2, 0.25) is 10.0 Å². The van der Waals surface area contributed by atoms with Crippen molar-refractivity contribution in [2.24, 2.45) is 0 Å². The third kappa shape index (κ3) is 3.07. The first kappa shape index (κ1) is 15.1. The Labute approximate surface area is 128 Å². The quantitative estimate of drug-likeness (QED) is 0.932. The Morgan fingerprint density at radius 1 is 1.45 bits per heavy atom. The van der Waals surface area contributed by atoms with E-state index in [-0.39, 0.29) is 17.9 Å². The summed E-state index contributed by atoms with van der Waals surface area (Å²) in [5.41, 5.74) is 0.802. The molecule has 0 aromatic heterocycles. The Kier molecular flexibility index (Phi) is 4.55. The van der Waals surface area contributed by atoms with E-state index in [0.717, 1.165) is 5.56 Å². The van der Waals surface area contributed by atoms with Crippen LogP contribution < -0.4 is 5.32 Å². The number of nitrogens with zero attached hydrogens (tertiary/aromatic N) is 1. The van der Waals surface area contributed by atoms with Crippen molar-refractivity contribution >= 4 is 35.0 Å². The fraction of sp³-hybridized carbons (Fsp3) is 0.429. The third-order valence-electron chi connectivity index (χ3n) is 3.58. The number of likely N-dealkylation sites (N-methyl/N-ethyl adjacent to an activating group) is 1. The van der Waals surface area contributed by atoms with E-state index in [1.54, 1.807) is 25.2 Å². The SMILES string of the molecule is CC(NC(=O)C1CCC(=O)N1C)c1ccc(Cl)cc1Cl. The van der Waals surface area contributed by atoms with Crippen molar-refractivity contribution in [3.05, 3.63) is 33.8 Å². The molecule has 2 amide bonds. The van der Waals surface area contributed by atoms with Gasteiger partial charge in [0, 0.05) is 23.5 Å².